The highest BCUT2D eigenvalue weighted by Gasteiger charge is 2.38. The molecule has 1 atom stereocenters. The number of carbonyl (C=O) groups excluding carboxylic acids is 1. The number of ketones is 1. The lowest BCUT2D eigenvalue weighted by molar-refractivity contribution is -0.928. The zero-order chi connectivity index (χ0) is 15.6. The third-order valence-electron chi connectivity index (χ3n) is 5.11. The summed E-state index contributed by atoms with van der Waals surface area (Å²) < 4.78 is 12.0. The molecule has 1 saturated heterocycles. The maximum Gasteiger partial charge on any atom is 0.220 e. The highest BCUT2D eigenvalue weighted by Crippen LogP contribution is 2.32. The molecule has 1 fully saturated rings. The van der Waals surface area contributed by atoms with Crippen LogP contribution in [0.2, 0.25) is 0 Å². The molecule has 3 rings (SSSR count). The molecule has 2 aliphatic rings. The van der Waals surface area contributed by atoms with Gasteiger partial charge in [-0.15, -0.1) is 0 Å². The summed E-state index contributed by atoms with van der Waals surface area (Å²) in [5, 5.41) is 0. The molecule has 0 spiro atoms. The van der Waals surface area contributed by atoms with Crippen molar-refractivity contribution in [2.24, 2.45) is 0 Å². The molecule has 4 nitrogen and oxygen atoms in total. The molecule has 22 heavy (non-hydrogen) atoms. The van der Waals surface area contributed by atoms with Gasteiger partial charge in [-0.3, -0.25) is 4.79 Å². The molecule has 0 N–H and O–H groups in total. The lowest BCUT2D eigenvalue weighted by Gasteiger charge is -2.43. The molecule has 2 heterocycles. The van der Waals surface area contributed by atoms with E-state index in [4.69, 9.17) is 9.47 Å². The van der Waals surface area contributed by atoms with Gasteiger partial charge < -0.3 is 14.0 Å². The molecule has 0 aliphatic carbocycles. The number of ether oxygens (including phenoxy) is 2. The normalized spacial score (nSPS) is 21.2. The van der Waals surface area contributed by atoms with Crippen LogP contribution in [0.5, 0.6) is 11.5 Å². The maximum atomic E-state index is 13.1. The summed E-state index contributed by atoms with van der Waals surface area (Å²) in [7, 11) is 2.24. The molecule has 1 aromatic carbocycles. The molecular formula is C18H26NO3+. The number of likely N-dealkylation sites (tertiary alicyclic amines) is 1. The number of Topliss-reactive ketones (excluding diaryl/α,β-unsaturated/α-hetero) is 1. The van der Waals surface area contributed by atoms with Crippen LogP contribution >= 0.6 is 0 Å². The van der Waals surface area contributed by atoms with Crippen LogP contribution in [0.15, 0.2) is 18.2 Å². The second-order valence-corrected chi connectivity index (χ2v) is 6.63. The number of rotatable bonds is 4. The second-order valence-electron chi connectivity index (χ2n) is 6.63. The zero-order valence-electron chi connectivity index (χ0n) is 13.6. The number of likely N-dealkylation sites (N-methyl/N-ethyl adjacent to an activating group) is 1. The van der Waals surface area contributed by atoms with E-state index in [1.165, 1.54) is 19.3 Å². The Bertz CT molecular complexity index is 549. The van der Waals surface area contributed by atoms with E-state index in [0.717, 1.165) is 35.3 Å². The van der Waals surface area contributed by atoms with Gasteiger partial charge in [0, 0.05) is 12.0 Å². The van der Waals surface area contributed by atoms with E-state index in [1.54, 1.807) is 0 Å². The number of benzene rings is 1. The topological polar surface area (TPSA) is 35.5 Å². The van der Waals surface area contributed by atoms with Gasteiger partial charge in [0.2, 0.25) is 5.78 Å². The van der Waals surface area contributed by atoms with Crippen LogP contribution in [-0.2, 0) is 0 Å². The zero-order valence-corrected chi connectivity index (χ0v) is 13.6. The summed E-state index contributed by atoms with van der Waals surface area (Å²) >= 11 is 0. The first-order chi connectivity index (χ1) is 10.6. The largest absolute Gasteiger partial charge is 0.486 e. The molecule has 2 aliphatic heterocycles. The fourth-order valence-corrected chi connectivity index (χ4v) is 3.84. The fraction of sp³-hybridized carbons (Fsp3) is 0.611. The van der Waals surface area contributed by atoms with Crippen LogP contribution in [0.1, 0.15) is 43.0 Å². The summed E-state index contributed by atoms with van der Waals surface area (Å²) in [4.78, 5) is 13.1. The lowest BCUT2D eigenvalue weighted by atomic mass is 9.95. The average Bonchev–Trinajstić information content (AvgIpc) is 2.55. The van der Waals surface area contributed by atoms with E-state index in [2.05, 4.69) is 14.0 Å². The Labute approximate surface area is 132 Å². The highest BCUT2D eigenvalue weighted by molar-refractivity contribution is 6.00. The minimum atomic E-state index is 0.0443. The first kappa shape index (κ1) is 15.3. The van der Waals surface area contributed by atoms with Gasteiger partial charge in [0.1, 0.15) is 13.2 Å². The Kier molecular flexibility index (Phi) is 4.39. The van der Waals surface area contributed by atoms with E-state index in [9.17, 15) is 4.79 Å². The molecular weight excluding hydrogens is 278 g/mol. The van der Waals surface area contributed by atoms with Crippen molar-refractivity contribution in [3.8, 4) is 11.5 Å². The van der Waals surface area contributed by atoms with Crippen LogP contribution in [0.3, 0.4) is 0 Å². The van der Waals surface area contributed by atoms with E-state index < -0.39 is 0 Å². The monoisotopic (exact) mass is 304 g/mol. The number of fused-ring (bicyclic) bond motifs is 1. The van der Waals surface area contributed by atoms with Gasteiger partial charge in [-0.05, 0) is 37.5 Å². The first-order valence-electron chi connectivity index (χ1n) is 8.42. The number of piperidine rings is 1. The van der Waals surface area contributed by atoms with Crippen molar-refractivity contribution in [2.45, 2.75) is 38.6 Å². The third-order valence-corrected chi connectivity index (χ3v) is 5.11. The summed E-state index contributed by atoms with van der Waals surface area (Å²) in [6.45, 7) is 5.46. The Morgan fingerprint density at radius 3 is 2.50 bits per heavy atom. The van der Waals surface area contributed by atoms with Gasteiger partial charge in [0.25, 0.3) is 0 Å². The predicted octanol–water partition coefficient (Wildman–Crippen LogP) is 3.05. The number of nitrogens with zero attached hydrogens (tertiary/aromatic N) is 1. The molecule has 120 valence electrons. The number of quaternary nitrogens is 1. The summed E-state index contributed by atoms with van der Waals surface area (Å²) in [5.74, 6) is 1.69. The van der Waals surface area contributed by atoms with Crippen molar-refractivity contribution in [1.29, 1.82) is 0 Å². The third kappa shape index (κ3) is 2.84. The van der Waals surface area contributed by atoms with Crippen molar-refractivity contribution < 1.29 is 18.8 Å². The van der Waals surface area contributed by atoms with Gasteiger partial charge in [0.05, 0.1) is 20.1 Å². The molecule has 1 unspecified atom stereocenters. The fourth-order valence-electron chi connectivity index (χ4n) is 3.84. The Morgan fingerprint density at radius 1 is 1.14 bits per heavy atom. The Hall–Kier alpha value is -1.55. The molecule has 0 radical (unpaired) electrons. The number of hydrogen-bond donors (Lipinski definition) is 0. The number of hydrogen-bond acceptors (Lipinski definition) is 3. The minimum absolute atomic E-state index is 0.0443. The minimum Gasteiger partial charge on any atom is -0.486 e. The van der Waals surface area contributed by atoms with E-state index in [1.807, 2.05) is 18.2 Å². The standard InChI is InChI=1S/C18H26NO3/c1-3-15(19(2)9-5-4-6-10-19)18(20)14-7-8-16-17(13-14)22-12-11-21-16/h7-8,13,15H,3-6,9-12H2,1-2H3/q+1. The van der Waals surface area contributed by atoms with Crippen LogP contribution in [0, 0.1) is 0 Å². The molecule has 1 aromatic rings. The Balaban J connectivity index is 1.84. The van der Waals surface area contributed by atoms with Gasteiger partial charge in [-0.25, -0.2) is 0 Å². The van der Waals surface area contributed by atoms with Crippen LogP contribution in [0.4, 0.5) is 0 Å². The molecule has 0 amide bonds. The van der Waals surface area contributed by atoms with Crippen molar-refractivity contribution >= 4 is 5.78 Å². The van der Waals surface area contributed by atoms with Crippen molar-refractivity contribution in [2.75, 3.05) is 33.4 Å². The van der Waals surface area contributed by atoms with E-state index in [-0.39, 0.29) is 11.8 Å². The van der Waals surface area contributed by atoms with Gasteiger partial charge in [0.15, 0.2) is 17.5 Å². The first-order valence-corrected chi connectivity index (χ1v) is 8.42. The van der Waals surface area contributed by atoms with Crippen LogP contribution < -0.4 is 9.47 Å². The second kappa shape index (κ2) is 6.29. The maximum absolute atomic E-state index is 13.1. The highest BCUT2D eigenvalue weighted by atomic mass is 16.6. The van der Waals surface area contributed by atoms with E-state index in [0.29, 0.717) is 19.0 Å². The molecule has 4 heteroatoms. The lowest BCUT2D eigenvalue weighted by Crippen LogP contribution is -2.58. The molecule has 0 aromatic heterocycles. The van der Waals surface area contributed by atoms with Gasteiger partial charge in [-0.2, -0.15) is 0 Å². The quantitative estimate of drug-likeness (QED) is 0.633. The predicted molar refractivity (Wildman–Crippen MR) is 85.6 cm³/mol. The van der Waals surface area contributed by atoms with Gasteiger partial charge >= 0.3 is 0 Å². The molecule has 0 bridgehead atoms. The Morgan fingerprint density at radius 2 is 1.82 bits per heavy atom. The van der Waals surface area contributed by atoms with Crippen LogP contribution in [0.25, 0.3) is 0 Å². The van der Waals surface area contributed by atoms with E-state index >= 15 is 0 Å². The summed E-state index contributed by atoms with van der Waals surface area (Å²) in [6, 6.07) is 5.65. The van der Waals surface area contributed by atoms with Crippen molar-refractivity contribution in [1.82, 2.24) is 0 Å². The van der Waals surface area contributed by atoms with Crippen LogP contribution in [-0.4, -0.2) is 49.7 Å². The van der Waals surface area contributed by atoms with Crippen molar-refractivity contribution in [3.05, 3.63) is 23.8 Å². The summed E-state index contributed by atoms with van der Waals surface area (Å²) in [5.41, 5.74) is 0.751. The number of carbonyl (C=O) groups is 1. The average molecular weight is 304 g/mol. The summed E-state index contributed by atoms with van der Waals surface area (Å²) in [6.07, 6.45) is 4.62. The van der Waals surface area contributed by atoms with Gasteiger partial charge in [-0.1, -0.05) is 6.92 Å². The SMILES string of the molecule is CCC(C(=O)c1ccc2c(c1)OCCO2)[N+]1(C)CCCCC1. The van der Waals surface area contributed by atoms with Crippen molar-refractivity contribution in [3.63, 3.8) is 0 Å². The molecule has 0 saturated carbocycles. The smallest absolute Gasteiger partial charge is 0.220 e.